The Hall–Kier alpha value is -0.570. The topological polar surface area (TPSA) is 38.3 Å². The van der Waals surface area contributed by atoms with Gasteiger partial charge in [-0.15, -0.1) is 0 Å². The van der Waals surface area contributed by atoms with Crippen LogP contribution in [-0.4, -0.2) is 25.7 Å². The molecule has 0 bridgehead atoms. The summed E-state index contributed by atoms with van der Waals surface area (Å²) in [5.74, 6) is -0.103. The van der Waals surface area contributed by atoms with Gasteiger partial charge in [0.05, 0.1) is 13.0 Å². The first-order valence-electron chi connectivity index (χ1n) is 5.67. The van der Waals surface area contributed by atoms with E-state index < -0.39 is 0 Å². The fourth-order valence-corrected chi connectivity index (χ4v) is 1.23. The Morgan fingerprint density at radius 2 is 1.93 bits per heavy atom. The molecule has 0 unspecified atom stereocenters. The van der Waals surface area contributed by atoms with Crippen molar-refractivity contribution in [3.63, 3.8) is 0 Å². The summed E-state index contributed by atoms with van der Waals surface area (Å²) in [7, 11) is 0. The predicted octanol–water partition coefficient (Wildman–Crippen LogP) is 2.11. The second-order valence-corrected chi connectivity index (χ2v) is 3.37. The highest BCUT2D eigenvalue weighted by Crippen LogP contribution is 1.96. The fraction of sp³-hybridized carbons (Fsp3) is 0.909. The SMILES string of the molecule is CCCCCCNCCC(=O)OCC. The zero-order chi connectivity index (χ0) is 10.6. The van der Waals surface area contributed by atoms with Gasteiger partial charge in [-0.2, -0.15) is 0 Å². The van der Waals surface area contributed by atoms with Crippen molar-refractivity contribution in [1.29, 1.82) is 0 Å². The molecule has 0 rings (SSSR count). The van der Waals surface area contributed by atoms with E-state index >= 15 is 0 Å². The molecule has 3 heteroatoms. The normalized spacial score (nSPS) is 10.1. The molecule has 0 spiro atoms. The summed E-state index contributed by atoms with van der Waals surface area (Å²) in [5, 5.41) is 3.23. The standard InChI is InChI=1S/C11H23NO2/c1-3-5-6-7-9-12-10-8-11(13)14-4-2/h12H,3-10H2,1-2H3. The maximum Gasteiger partial charge on any atom is 0.307 e. The molecule has 0 atom stereocenters. The molecule has 0 heterocycles. The molecule has 0 aromatic rings. The molecule has 0 fully saturated rings. The minimum Gasteiger partial charge on any atom is -0.466 e. The molecule has 0 aliphatic heterocycles. The average Bonchev–Trinajstić information content (AvgIpc) is 2.17. The monoisotopic (exact) mass is 201 g/mol. The molecule has 0 aromatic carbocycles. The van der Waals surface area contributed by atoms with Crippen LogP contribution in [0.25, 0.3) is 0 Å². The quantitative estimate of drug-likeness (QED) is 0.458. The van der Waals surface area contributed by atoms with Crippen LogP contribution in [0.3, 0.4) is 0 Å². The lowest BCUT2D eigenvalue weighted by molar-refractivity contribution is -0.142. The summed E-state index contributed by atoms with van der Waals surface area (Å²) in [5.41, 5.74) is 0. The second-order valence-electron chi connectivity index (χ2n) is 3.37. The summed E-state index contributed by atoms with van der Waals surface area (Å²) < 4.78 is 4.81. The Morgan fingerprint density at radius 1 is 1.14 bits per heavy atom. The number of hydrogen-bond acceptors (Lipinski definition) is 3. The first kappa shape index (κ1) is 13.4. The van der Waals surface area contributed by atoms with E-state index in [-0.39, 0.29) is 5.97 Å². The van der Waals surface area contributed by atoms with Gasteiger partial charge < -0.3 is 10.1 Å². The second kappa shape index (κ2) is 10.5. The molecule has 84 valence electrons. The maximum atomic E-state index is 10.9. The van der Waals surface area contributed by atoms with E-state index in [1.807, 2.05) is 6.92 Å². The van der Waals surface area contributed by atoms with Crippen molar-refractivity contribution < 1.29 is 9.53 Å². The highest BCUT2D eigenvalue weighted by molar-refractivity contribution is 5.69. The zero-order valence-electron chi connectivity index (χ0n) is 9.47. The number of ether oxygens (including phenoxy) is 1. The van der Waals surface area contributed by atoms with Crippen LogP contribution in [0, 0.1) is 0 Å². The summed E-state index contributed by atoms with van der Waals surface area (Å²) in [6.45, 7) is 6.27. The van der Waals surface area contributed by atoms with Crippen LogP contribution < -0.4 is 5.32 Å². The van der Waals surface area contributed by atoms with Crippen molar-refractivity contribution in [1.82, 2.24) is 5.32 Å². The number of carbonyl (C=O) groups is 1. The molecule has 3 nitrogen and oxygen atoms in total. The van der Waals surface area contributed by atoms with Gasteiger partial charge in [0, 0.05) is 6.54 Å². The van der Waals surface area contributed by atoms with E-state index in [9.17, 15) is 4.79 Å². The molecule has 0 saturated heterocycles. The van der Waals surface area contributed by atoms with Gasteiger partial charge in [0.2, 0.25) is 0 Å². The van der Waals surface area contributed by atoms with Crippen molar-refractivity contribution in [2.24, 2.45) is 0 Å². The van der Waals surface area contributed by atoms with E-state index in [1.54, 1.807) is 0 Å². The van der Waals surface area contributed by atoms with Gasteiger partial charge in [0.1, 0.15) is 0 Å². The third kappa shape index (κ3) is 9.52. The summed E-state index contributed by atoms with van der Waals surface area (Å²) >= 11 is 0. The minimum atomic E-state index is -0.103. The maximum absolute atomic E-state index is 10.9. The van der Waals surface area contributed by atoms with Crippen molar-refractivity contribution in [2.75, 3.05) is 19.7 Å². The molecule has 0 radical (unpaired) electrons. The molecule has 0 aromatic heterocycles. The number of carbonyl (C=O) groups excluding carboxylic acids is 1. The lowest BCUT2D eigenvalue weighted by Gasteiger charge is -2.04. The highest BCUT2D eigenvalue weighted by Gasteiger charge is 1.99. The van der Waals surface area contributed by atoms with E-state index in [0.717, 1.165) is 13.1 Å². The summed E-state index contributed by atoms with van der Waals surface area (Å²) in [4.78, 5) is 10.9. The first-order chi connectivity index (χ1) is 6.81. The highest BCUT2D eigenvalue weighted by atomic mass is 16.5. The molecule has 14 heavy (non-hydrogen) atoms. The fourth-order valence-electron chi connectivity index (χ4n) is 1.23. The lowest BCUT2D eigenvalue weighted by Crippen LogP contribution is -2.20. The van der Waals surface area contributed by atoms with Crippen LogP contribution in [-0.2, 0) is 9.53 Å². The summed E-state index contributed by atoms with van der Waals surface area (Å²) in [6.07, 6.45) is 5.55. The van der Waals surface area contributed by atoms with Crippen LogP contribution in [0.4, 0.5) is 0 Å². The minimum absolute atomic E-state index is 0.103. The molecule has 0 saturated carbocycles. The predicted molar refractivity (Wildman–Crippen MR) is 58.3 cm³/mol. The Bertz CT molecular complexity index is 137. The van der Waals surface area contributed by atoms with Crippen LogP contribution in [0.5, 0.6) is 0 Å². The zero-order valence-corrected chi connectivity index (χ0v) is 9.47. The van der Waals surface area contributed by atoms with E-state index in [4.69, 9.17) is 4.74 Å². The van der Waals surface area contributed by atoms with Crippen molar-refractivity contribution in [3.8, 4) is 0 Å². The Balaban J connectivity index is 3.01. The molecule has 0 aliphatic rings. The largest absolute Gasteiger partial charge is 0.466 e. The number of rotatable bonds is 9. The smallest absolute Gasteiger partial charge is 0.307 e. The lowest BCUT2D eigenvalue weighted by atomic mass is 10.2. The molecule has 0 aliphatic carbocycles. The van der Waals surface area contributed by atoms with Crippen molar-refractivity contribution >= 4 is 5.97 Å². The Morgan fingerprint density at radius 3 is 2.57 bits per heavy atom. The molecular formula is C11H23NO2. The Kier molecular flexibility index (Phi) is 10.1. The number of unbranched alkanes of at least 4 members (excludes halogenated alkanes) is 3. The van der Waals surface area contributed by atoms with Crippen molar-refractivity contribution in [3.05, 3.63) is 0 Å². The van der Waals surface area contributed by atoms with Gasteiger partial charge >= 0.3 is 5.97 Å². The van der Waals surface area contributed by atoms with Gasteiger partial charge in [-0.25, -0.2) is 0 Å². The van der Waals surface area contributed by atoms with Crippen LogP contribution in [0.1, 0.15) is 46.0 Å². The molecular weight excluding hydrogens is 178 g/mol. The van der Waals surface area contributed by atoms with Gasteiger partial charge in [-0.1, -0.05) is 26.2 Å². The van der Waals surface area contributed by atoms with Gasteiger partial charge in [-0.3, -0.25) is 4.79 Å². The third-order valence-electron chi connectivity index (χ3n) is 2.02. The van der Waals surface area contributed by atoms with Crippen LogP contribution >= 0.6 is 0 Å². The van der Waals surface area contributed by atoms with Gasteiger partial charge in [0.15, 0.2) is 0 Å². The van der Waals surface area contributed by atoms with Crippen LogP contribution in [0.15, 0.2) is 0 Å². The van der Waals surface area contributed by atoms with Crippen LogP contribution in [0.2, 0.25) is 0 Å². The van der Waals surface area contributed by atoms with Gasteiger partial charge in [-0.05, 0) is 19.9 Å². The van der Waals surface area contributed by atoms with E-state index in [2.05, 4.69) is 12.2 Å². The van der Waals surface area contributed by atoms with Gasteiger partial charge in [0.25, 0.3) is 0 Å². The molecule has 1 N–H and O–H groups in total. The third-order valence-corrected chi connectivity index (χ3v) is 2.02. The number of hydrogen-bond donors (Lipinski definition) is 1. The molecule has 0 amide bonds. The summed E-state index contributed by atoms with van der Waals surface area (Å²) in [6, 6.07) is 0. The number of esters is 1. The number of nitrogens with one attached hydrogen (secondary N) is 1. The van der Waals surface area contributed by atoms with E-state index in [0.29, 0.717) is 13.0 Å². The van der Waals surface area contributed by atoms with E-state index in [1.165, 1.54) is 25.7 Å². The Labute approximate surface area is 87.2 Å². The average molecular weight is 201 g/mol. The first-order valence-corrected chi connectivity index (χ1v) is 5.67. The van der Waals surface area contributed by atoms with Crippen molar-refractivity contribution in [2.45, 2.75) is 46.0 Å².